The Morgan fingerprint density at radius 3 is 2.32 bits per heavy atom. The first-order chi connectivity index (χ1) is 14.9. The molecule has 2 aromatic rings. The second kappa shape index (κ2) is 9.66. The van der Waals surface area contributed by atoms with Gasteiger partial charge in [0.1, 0.15) is 17.3 Å². The summed E-state index contributed by atoms with van der Waals surface area (Å²) >= 11 is 0. The van der Waals surface area contributed by atoms with Crippen molar-refractivity contribution in [2.24, 2.45) is 0 Å². The van der Waals surface area contributed by atoms with Crippen molar-refractivity contribution in [3.63, 3.8) is 0 Å². The number of Topliss-reactive ketones (excluding diaryl/α,β-unsaturated/α-hetero) is 1. The number of aliphatic hydroxyl groups excluding tert-OH is 1. The lowest BCUT2D eigenvalue weighted by Gasteiger charge is -2.27. The highest BCUT2D eigenvalue weighted by molar-refractivity contribution is 6.46. The molecule has 1 aliphatic heterocycles. The van der Waals surface area contributed by atoms with Crippen molar-refractivity contribution in [3.05, 3.63) is 65.2 Å². The summed E-state index contributed by atoms with van der Waals surface area (Å²) in [5.74, 6) is -0.812. The Hall–Kier alpha value is -3.32. The number of likely N-dealkylation sites (tertiary alicyclic amines) is 1. The topological polar surface area (TPSA) is 85.3 Å². The predicted octanol–water partition coefficient (Wildman–Crippen LogP) is 3.55. The number of nitrogens with zero attached hydrogens (tertiary/aromatic N) is 1. The van der Waals surface area contributed by atoms with Gasteiger partial charge in [-0.1, -0.05) is 30.3 Å². The summed E-state index contributed by atoms with van der Waals surface area (Å²) in [6.07, 6.45) is -0.114. The molecular weight excluding hydrogens is 398 g/mol. The van der Waals surface area contributed by atoms with Crippen LogP contribution >= 0.6 is 0 Å². The minimum Gasteiger partial charge on any atom is -0.507 e. The summed E-state index contributed by atoms with van der Waals surface area (Å²) in [5, 5.41) is 11.2. The van der Waals surface area contributed by atoms with Gasteiger partial charge >= 0.3 is 0 Å². The van der Waals surface area contributed by atoms with Crippen molar-refractivity contribution in [1.29, 1.82) is 0 Å². The molecule has 0 saturated carbocycles. The molecule has 1 aliphatic rings. The third-order valence-corrected chi connectivity index (χ3v) is 5.01. The van der Waals surface area contributed by atoms with Gasteiger partial charge in [0.2, 0.25) is 0 Å². The van der Waals surface area contributed by atoms with E-state index in [4.69, 9.17) is 14.2 Å². The lowest BCUT2D eigenvalue weighted by molar-refractivity contribution is -0.140. The molecule has 7 nitrogen and oxygen atoms in total. The fourth-order valence-electron chi connectivity index (χ4n) is 3.68. The van der Waals surface area contributed by atoms with E-state index >= 15 is 0 Å². The Morgan fingerprint density at radius 1 is 1.03 bits per heavy atom. The highest BCUT2D eigenvalue weighted by atomic mass is 16.5. The van der Waals surface area contributed by atoms with E-state index in [9.17, 15) is 14.7 Å². The van der Waals surface area contributed by atoms with Crippen LogP contribution in [0.3, 0.4) is 0 Å². The van der Waals surface area contributed by atoms with E-state index in [0.29, 0.717) is 22.6 Å². The Labute approximate surface area is 181 Å². The van der Waals surface area contributed by atoms with Crippen LogP contribution in [0.25, 0.3) is 5.76 Å². The van der Waals surface area contributed by atoms with Crippen LogP contribution in [0.5, 0.6) is 11.5 Å². The van der Waals surface area contributed by atoms with E-state index in [1.54, 1.807) is 36.4 Å². The van der Waals surface area contributed by atoms with Crippen LogP contribution in [0.15, 0.2) is 54.1 Å². The van der Waals surface area contributed by atoms with Crippen molar-refractivity contribution in [3.8, 4) is 11.5 Å². The molecule has 1 unspecified atom stereocenters. The van der Waals surface area contributed by atoms with Gasteiger partial charge in [-0.15, -0.1) is 0 Å². The molecule has 2 aromatic carbocycles. The van der Waals surface area contributed by atoms with Gasteiger partial charge in [0, 0.05) is 19.2 Å². The number of hydrogen-bond acceptors (Lipinski definition) is 6. The van der Waals surface area contributed by atoms with Crippen molar-refractivity contribution in [2.75, 3.05) is 27.4 Å². The lowest BCUT2D eigenvalue weighted by atomic mass is 9.94. The molecule has 0 spiro atoms. The number of benzene rings is 2. The molecule has 3 rings (SSSR count). The normalized spacial score (nSPS) is 18.0. The van der Waals surface area contributed by atoms with Gasteiger partial charge in [-0.3, -0.25) is 9.59 Å². The maximum absolute atomic E-state index is 13.1. The fourth-order valence-corrected chi connectivity index (χ4v) is 3.68. The highest BCUT2D eigenvalue weighted by Crippen LogP contribution is 2.43. The first kappa shape index (κ1) is 22.4. The summed E-state index contributed by atoms with van der Waals surface area (Å²) in [6.45, 7) is 4.22. The van der Waals surface area contributed by atoms with Crippen LogP contribution in [-0.2, 0) is 14.3 Å². The van der Waals surface area contributed by atoms with Gasteiger partial charge in [-0.2, -0.15) is 0 Å². The number of ketones is 1. The minimum absolute atomic E-state index is 0.00888. The van der Waals surface area contributed by atoms with E-state index in [1.165, 1.54) is 19.1 Å². The Bertz CT molecular complexity index is 997. The number of ether oxygens (including phenoxy) is 3. The zero-order valence-corrected chi connectivity index (χ0v) is 18.1. The lowest BCUT2D eigenvalue weighted by Crippen LogP contribution is -2.33. The Balaban J connectivity index is 2.24. The van der Waals surface area contributed by atoms with Crippen LogP contribution in [-0.4, -0.2) is 55.2 Å². The van der Waals surface area contributed by atoms with Crippen molar-refractivity contribution < 1.29 is 28.9 Å². The van der Waals surface area contributed by atoms with Gasteiger partial charge in [0.15, 0.2) is 0 Å². The zero-order chi connectivity index (χ0) is 22.5. The molecule has 1 amide bonds. The molecule has 31 heavy (non-hydrogen) atoms. The number of carbonyl (C=O) groups is 2. The van der Waals surface area contributed by atoms with E-state index in [-0.39, 0.29) is 30.6 Å². The summed E-state index contributed by atoms with van der Waals surface area (Å²) in [7, 11) is 3.00. The van der Waals surface area contributed by atoms with Gasteiger partial charge < -0.3 is 24.2 Å². The van der Waals surface area contributed by atoms with Crippen LogP contribution < -0.4 is 9.47 Å². The molecule has 1 atom stereocenters. The largest absolute Gasteiger partial charge is 0.507 e. The molecular formula is C24H27NO6. The Morgan fingerprint density at radius 2 is 1.68 bits per heavy atom. The molecule has 1 heterocycles. The van der Waals surface area contributed by atoms with Crippen LogP contribution in [0.2, 0.25) is 0 Å². The summed E-state index contributed by atoms with van der Waals surface area (Å²) in [6, 6.07) is 13.2. The van der Waals surface area contributed by atoms with Gasteiger partial charge in [-0.25, -0.2) is 0 Å². The van der Waals surface area contributed by atoms with Crippen LogP contribution in [0.4, 0.5) is 0 Å². The third kappa shape index (κ3) is 4.41. The molecule has 1 saturated heterocycles. The molecule has 0 aliphatic carbocycles. The van der Waals surface area contributed by atoms with Crippen molar-refractivity contribution in [2.45, 2.75) is 26.0 Å². The highest BCUT2D eigenvalue weighted by Gasteiger charge is 2.47. The standard InChI is InChI=1S/C24H27NO6/c1-15(2)31-19-12-8-5-9-16(19)21-20(23(27)24(28)25(21)13-14-29-3)22(26)17-10-6-7-11-18(17)30-4/h5-12,15,21,26H,13-14H2,1-4H3/b22-20-. The average molecular weight is 425 g/mol. The summed E-state index contributed by atoms with van der Waals surface area (Å²) in [5.41, 5.74) is 0.940. The third-order valence-electron chi connectivity index (χ3n) is 5.01. The first-order valence-electron chi connectivity index (χ1n) is 10.1. The van der Waals surface area contributed by atoms with E-state index in [2.05, 4.69) is 0 Å². The number of hydrogen-bond donors (Lipinski definition) is 1. The van der Waals surface area contributed by atoms with E-state index in [0.717, 1.165) is 0 Å². The predicted molar refractivity (Wildman–Crippen MR) is 116 cm³/mol. The maximum atomic E-state index is 13.1. The second-order valence-corrected chi connectivity index (χ2v) is 7.39. The molecule has 7 heteroatoms. The summed E-state index contributed by atoms with van der Waals surface area (Å²) in [4.78, 5) is 27.4. The second-order valence-electron chi connectivity index (χ2n) is 7.39. The Kier molecular flexibility index (Phi) is 6.97. The van der Waals surface area contributed by atoms with Gasteiger partial charge in [0.05, 0.1) is 37.0 Å². The number of carbonyl (C=O) groups excluding carboxylic acids is 2. The maximum Gasteiger partial charge on any atom is 0.295 e. The molecule has 0 bridgehead atoms. The number of rotatable bonds is 8. The molecule has 0 aromatic heterocycles. The smallest absolute Gasteiger partial charge is 0.295 e. The SMILES string of the molecule is COCCN1C(=O)C(=O)/C(=C(\O)c2ccccc2OC)C1c1ccccc1OC(C)C. The fraction of sp³-hybridized carbons (Fsp3) is 0.333. The molecule has 1 N–H and O–H groups in total. The first-order valence-corrected chi connectivity index (χ1v) is 10.1. The number of para-hydroxylation sites is 2. The number of amides is 1. The minimum atomic E-state index is -0.824. The summed E-state index contributed by atoms with van der Waals surface area (Å²) < 4.78 is 16.4. The number of methoxy groups -OCH3 is 2. The zero-order valence-electron chi connectivity index (χ0n) is 18.1. The quantitative estimate of drug-likeness (QED) is 0.396. The van der Waals surface area contributed by atoms with Crippen LogP contribution in [0.1, 0.15) is 31.0 Å². The van der Waals surface area contributed by atoms with E-state index < -0.39 is 17.7 Å². The molecule has 1 fully saturated rings. The average Bonchev–Trinajstić information content (AvgIpc) is 3.01. The van der Waals surface area contributed by atoms with Gasteiger partial charge in [-0.05, 0) is 32.0 Å². The monoisotopic (exact) mass is 425 g/mol. The molecule has 0 radical (unpaired) electrons. The van der Waals surface area contributed by atoms with E-state index in [1.807, 2.05) is 26.0 Å². The van der Waals surface area contributed by atoms with Crippen molar-refractivity contribution in [1.82, 2.24) is 4.90 Å². The van der Waals surface area contributed by atoms with Crippen LogP contribution in [0, 0.1) is 0 Å². The van der Waals surface area contributed by atoms with Crippen molar-refractivity contribution >= 4 is 17.4 Å². The molecule has 164 valence electrons. The number of aliphatic hydroxyl groups is 1. The van der Waals surface area contributed by atoms with Gasteiger partial charge in [0.25, 0.3) is 11.7 Å².